The van der Waals surface area contributed by atoms with Crippen molar-refractivity contribution in [1.82, 2.24) is 4.98 Å². The van der Waals surface area contributed by atoms with E-state index in [1.54, 1.807) is 19.1 Å². The second kappa shape index (κ2) is 6.33. The zero-order chi connectivity index (χ0) is 16.3. The van der Waals surface area contributed by atoms with Gasteiger partial charge in [-0.1, -0.05) is 6.07 Å². The summed E-state index contributed by atoms with van der Waals surface area (Å²) in [7, 11) is -3.28. The molecule has 0 bridgehead atoms. The van der Waals surface area contributed by atoms with Crippen molar-refractivity contribution in [3.63, 3.8) is 0 Å². The monoisotopic (exact) mass is 335 g/mol. The maximum absolute atomic E-state index is 11.5. The number of hydrogen-bond acceptors (Lipinski definition) is 6. The molecule has 8 heteroatoms. The highest BCUT2D eigenvalue weighted by atomic mass is 32.2. The van der Waals surface area contributed by atoms with E-state index in [-0.39, 0.29) is 12.5 Å². The van der Waals surface area contributed by atoms with Gasteiger partial charge in [0.15, 0.2) is 11.5 Å². The lowest BCUT2D eigenvalue weighted by Gasteiger charge is -2.08. The van der Waals surface area contributed by atoms with E-state index < -0.39 is 10.0 Å². The number of ether oxygens (including phenoxy) is 2. The highest BCUT2D eigenvalue weighted by molar-refractivity contribution is 7.92. The molecule has 0 saturated carbocycles. The molecule has 23 heavy (non-hydrogen) atoms. The van der Waals surface area contributed by atoms with Gasteiger partial charge in [0.25, 0.3) is 0 Å². The zero-order valence-corrected chi connectivity index (χ0v) is 13.4. The minimum absolute atomic E-state index is 0.0249. The number of sulfonamides is 1. The van der Waals surface area contributed by atoms with Crippen molar-refractivity contribution in [1.29, 1.82) is 0 Å². The summed E-state index contributed by atoms with van der Waals surface area (Å²) < 4.78 is 36.0. The van der Waals surface area contributed by atoms with Gasteiger partial charge in [0.1, 0.15) is 5.82 Å². The van der Waals surface area contributed by atoms with Gasteiger partial charge in [0.05, 0.1) is 17.6 Å². The molecule has 0 unspecified atom stereocenters. The van der Waals surface area contributed by atoms with Crippen molar-refractivity contribution < 1.29 is 17.9 Å². The third-order valence-corrected chi connectivity index (χ3v) is 4.63. The van der Waals surface area contributed by atoms with Crippen molar-refractivity contribution >= 4 is 21.5 Å². The lowest BCUT2D eigenvalue weighted by molar-refractivity contribution is 0.174. The number of hydrogen-bond donors (Lipinski definition) is 2. The summed E-state index contributed by atoms with van der Waals surface area (Å²) >= 11 is 0. The minimum Gasteiger partial charge on any atom is -0.454 e. The number of benzene rings is 1. The topological polar surface area (TPSA) is 89.6 Å². The first kappa shape index (κ1) is 15.4. The molecule has 0 radical (unpaired) electrons. The second-order valence-electron chi connectivity index (χ2n) is 4.98. The first-order valence-corrected chi connectivity index (χ1v) is 8.80. The average Bonchev–Trinajstić information content (AvgIpc) is 3.01. The third kappa shape index (κ3) is 3.84. The molecule has 122 valence electrons. The number of nitrogens with one attached hydrogen (secondary N) is 2. The molecule has 0 spiro atoms. The van der Waals surface area contributed by atoms with Crippen LogP contribution in [-0.2, 0) is 16.6 Å². The largest absolute Gasteiger partial charge is 0.454 e. The second-order valence-corrected chi connectivity index (χ2v) is 6.99. The predicted octanol–water partition coefficient (Wildman–Crippen LogP) is 2.18. The summed E-state index contributed by atoms with van der Waals surface area (Å²) in [5, 5.41) is 3.17. The van der Waals surface area contributed by atoms with E-state index in [4.69, 9.17) is 9.47 Å². The van der Waals surface area contributed by atoms with Crippen LogP contribution < -0.4 is 19.5 Å². The Labute approximate surface area is 134 Å². The molecule has 1 aromatic heterocycles. The van der Waals surface area contributed by atoms with Crippen molar-refractivity contribution in [2.24, 2.45) is 0 Å². The lowest BCUT2D eigenvalue weighted by atomic mass is 10.2. The van der Waals surface area contributed by atoms with E-state index in [9.17, 15) is 8.42 Å². The van der Waals surface area contributed by atoms with Crippen LogP contribution in [0, 0.1) is 0 Å². The standard InChI is InChI=1S/C15H17N3O4S/c1-2-23(19,20)18-12-4-6-15(17-9-12)16-8-11-3-5-13-14(7-11)22-10-21-13/h3-7,9,18H,2,8,10H2,1H3,(H,16,17). The van der Waals surface area contributed by atoms with Crippen LogP contribution in [0.3, 0.4) is 0 Å². The molecule has 0 fully saturated rings. The Morgan fingerprint density at radius 3 is 2.74 bits per heavy atom. The first-order valence-electron chi connectivity index (χ1n) is 7.15. The number of nitrogens with zero attached hydrogens (tertiary/aromatic N) is 1. The smallest absolute Gasteiger partial charge is 0.232 e. The fourth-order valence-corrected chi connectivity index (χ4v) is 2.68. The predicted molar refractivity (Wildman–Crippen MR) is 87.2 cm³/mol. The Balaban J connectivity index is 1.60. The van der Waals surface area contributed by atoms with E-state index in [0.717, 1.165) is 17.1 Å². The Morgan fingerprint density at radius 1 is 1.17 bits per heavy atom. The van der Waals surface area contributed by atoms with Crippen LogP contribution in [0.15, 0.2) is 36.5 Å². The Hall–Kier alpha value is -2.48. The van der Waals surface area contributed by atoms with E-state index >= 15 is 0 Å². The Bertz CT molecular complexity index is 791. The summed E-state index contributed by atoms with van der Waals surface area (Å²) in [4.78, 5) is 4.19. The van der Waals surface area contributed by atoms with Gasteiger partial charge in [-0.25, -0.2) is 13.4 Å². The molecule has 2 aromatic rings. The Morgan fingerprint density at radius 2 is 2.00 bits per heavy atom. The summed E-state index contributed by atoms with van der Waals surface area (Å²) in [5.74, 6) is 2.17. The SMILES string of the molecule is CCS(=O)(=O)Nc1ccc(NCc2ccc3c(c2)OCO3)nc1. The number of rotatable bonds is 6. The van der Waals surface area contributed by atoms with Gasteiger partial charge in [-0.05, 0) is 36.8 Å². The molecule has 1 aliphatic heterocycles. The fraction of sp³-hybridized carbons (Fsp3) is 0.267. The fourth-order valence-electron chi connectivity index (χ4n) is 2.05. The molecule has 0 aliphatic carbocycles. The molecule has 0 atom stereocenters. The van der Waals surface area contributed by atoms with Gasteiger partial charge in [-0.15, -0.1) is 0 Å². The van der Waals surface area contributed by atoms with Crippen LogP contribution in [0.25, 0.3) is 0 Å². The molecule has 3 rings (SSSR count). The van der Waals surface area contributed by atoms with Crippen molar-refractivity contribution in [3.8, 4) is 11.5 Å². The number of fused-ring (bicyclic) bond motifs is 1. The summed E-state index contributed by atoms with van der Waals surface area (Å²) in [6.07, 6.45) is 1.48. The van der Waals surface area contributed by atoms with Crippen molar-refractivity contribution in [2.75, 3.05) is 22.6 Å². The van der Waals surface area contributed by atoms with Crippen LogP contribution in [0.1, 0.15) is 12.5 Å². The van der Waals surface area contributed by atoms with Crippen molar-refractivity contribution in [2.45, 2.75) is 13.5 Å². The van der Waals surface area contributed by atoms with Gasteiger partial charge in [0.2, 0.25) is 16.8 Å². The van der Waals surface area contributed by atoms with Gasteiger partial charge in [-0.2, -0.15) is 0 Å². The molecule has 1 aromatic carbocycles. The highest BCUT2D eigenvalue weighted by Crippen LogP contribution is 2.32. The maximum atomic E-state index is 11.5. The quantitative estimate of drug-likeness (QED) is 0.841. The third-order valence-electron chi connectivity index (χ3n) is 3.33. The van der Waals surface area contributed by atoms with E-state index in [1.807, 2.05) is 18.2 Å². The van der Waals surface area contributed by atoms with Crippen LogP contribution >= 0.6 is 0 Å². The number of aromatic nitrogens is 1. The molecular weight excluding hydrogens is 318 g/mol. The average molecular weight is 335 g/mol. The van der Waals surface area contributed by atoms with Gasteiger partial charge in [0, 0.05) is 6.54 Å². The van der Waals surface area contributed by atoms with Gasteiger partial charge in [-0.3, -0.25) is 4.72 Å². The molecule has 1 aliphatic rings. The van der Waals surface area contributed by atoms with Crippen LogP contribution in [-0.4, -0.2) is 25.9 Å². The summed E-state index contributed by atoms with van der Waals surface area (Å²) in [6, 6.07) is 9.13. The van der Waals surface area contributed by atoms with Crippen LogP contribution in [0.2, 0.25) is 0 Å². The molecule has 2 heterocycles. The summed E-state index contributed by atoms with van der Waals surface area (Å²) in [5.41, 5.74) is 1.48. The normalized spacial score (nSPS) is 12.9. The molecule has 0 saturated heterocycles. The maximum Gasteiger partial charge on any atom is 0.232 e. The van der Waals surface area contributed by atoms with Crippen molar-refractivity contribution in [3.05, 3.63) is 42.1 Å². The van der Waals surface area contributed by atoms with E-state index in [0.29, 0.717) is 18.1 Å². The molecule has 2 N–H and O–H groups in total. The van der Waals surface area contributed by atoms with Gasteiger partial charge < -0.3 is 14.8 Å². The molecule has 7 nitrogen and oxygen atoms in total. The zero-order valence-electron chi connectivity index (χ0n) is 12.6. The Kier molecular flexibility index (Phi) is 4.24. The summed E-state index contributed by atoms with van der Waals surface area (Å²) in [6.45, 7) is 2.41. The van der Waals surface area contributed by atoms with E-state index in [2.05, 4.69) is 15.0 Å². The van der Waals surface area contributed by atoms with Crippen LogP contribution in [0.4, 0.5) is 11.5 Å². The highest BCUT2D eigenvalue weighted by Gasteiger charge is 2.13. The minimum atomic E-state index is -3.28. The molecular formula is C15H17N3O4S. The number of anilines is 2. The van der Waals surface area contributed by atoms with E-state index in [1.165, 1.54) is 6.20 Å². The number of pyridine rings is 1. The lowest BCUT2D eigenvalue weighted by Crippen LogP contribution is -2.14. The molecule has 0 amide bonds. The van der Waals surface area contributed by atoms with Crippen LogP contribution in [0.5, 0.6) is 11.5 Å². The van der Waals surface area contributed by atoms with Gasteiger partial charge >= 0.3 is 0 Å². The first-order chi connectivity index (χ1) is 11.1.